The minimum absolute atomic E-state index is 0.300. The molecule has 0 spiro atoms. The largest absolute Gasteiger partial charge is 0.340 e. The Morgan fingerprint density at radius 1 is 0.971 bits per heavy atom. The summed E-state index contributed by atoms with van der Waals surface area (Å²) < 4.78 is 16.5. The number of benzene rings is 2. The van der Waals surface area contributed by atoms with Gasteiger partial charge in [0.1, 0.15) is 35.3 Å². The Labute approximate surface area is 200 Å². The van der Waals surface area contributed by atoms with Gasteiger partial charge in [-0.3, -0.25) is 14.0 Å². The number of imidazole rings is 1. The van der Waals surface area contributed by atoms with E-state index in [1.165, 1.54) is 16.8 Å². The van der Waals surface area contributed by atoms with E-state index in [-0.39, 0.29) is 11.7 Å². The molecule has 9 nitrogen and oxygen atoms in total. The molecule has 0 atom stereocenters. The molecule has 0 saturated heterocycles. The Morgan fingerprint density at radius 2 is 1.71 bits per heavy atom. The summed E-state index contributed by atoms with van der Waals surface area (Å²) in [5.74, 6) is 1.34. The average Bonchev–Trinajstić information content (AvgIpc) is 3.51. The number of halogens is 1. The summed E-state index contributed by atoms with van der Waals surface area (Å²) in [6, 6.07) is 16.8. The van der Waals surface area contributed by atoms with E-state index in [1.807, 2.05) is 31.3 Å². The van der Waals surface area contributed by atoms with E-state index in [4.69, 9.17) is 0 Å². The smallest absolute Gasteiger partial charge is 0.273 e. The Morgan fingerprint density at radius 3 is 2.43 bits per heavy atom. The second-order valence-electron chi connectivity index (χ2n) is 7.83. The van der Waals surface area contributed by atoms with Crippen LogP contribution >= 0.6 is 0 Å². The maximum atomic E-state index is 13.2. The number of aryl methyl sites for hydroxylation is 2. The van der Waals surface area contributed by atoms with E-state index in [0.29, 0.717) is 34.5 Å². The van der Waals surface area contributed by atoms with Gasteiger partial charge in [0, 0.05) is 42.4 Å². The van der Waals surface area contributed by atoms with Gasteiger partial charge >= 0.3 is 0 Å². The van der Waals surface area contributed by atoms with Gasteiger partial charge in [-0.15, -0.1) is 0 Å². The first kappa shape index (κ1) is 22.0. The van der Waals surface area contributed by atoms with Crippen LogP contribution in [0, 0.1) is 12.7 Å². The zero-order chi connectivity index (χ0) is 24.4. The number of nitrogens with zero attached hydrogens (tertiary/aromatic N) is 6. The molecule has 0 aliphatic heterocycles. The fraction of sp³-hybridized carbons (Fsp3) is 0.0800. The van der Waals surface area contributed by atoms with Crippen molar-refractivity contribution in [3.8, 4) is 17.1 Å². The van der Waals surface area contributed by atoms with Crippen LogP contribution in [-0.2, 0) is 7.05 Å². The molecule has 2 aromatic carbocycles. The first-order valence-corrected chi connectivity index (χ1v) is 10.8. The number of amides is 1. The number of carbonyl (C=O) groups is 1. The topological polar surface area (TPSA) is 103 Å². The van der Waals surface area contributed by atoms with Gasteiger partial charge in [-0.1, -0.05) is 0 Å². The maximum Gasteiger partial charge on any atom is 0.273 e. The highest BCUT2D eigenvalue weighted by Crippen LogP contribution is 2.22. The van der Waals surface area contributed by atoms with Crippen LogP contribution in [0.2, 0.25) is 0 Å². The van der Waals surface area contributed by atoms with Crippen molar-refractivity contribution in [1.82, 2.24) is 29.3 Å². The van der Waals surface area contributed by atoms with E-state index in [0.717, 1.165) is 11.3 Å². The molecule has 5 aromatic rings. The fourth-order valence-electron chi connectivity index (χ4n) is 3.56. The molecule has 0 saturated carbocycles. The van der Waals surface area contributed by atoms with Gasteiger partial charge in [0.15, 0.2) is 0 Å². The highest BCUT2D eigenvalue weighted by Gasteiger charge is 2.15. The van der Waals surface area contributed by atoms with Gasteiger partial charge in [-0.05, 0) is 61.5 Å². The van der Waals surface area contributed by atoms with Crippen LogP contribution in [0.25, 0.3) is 17.1 Å². The third-order valence-electron chi connectivity index (χ3n) is 5.26. The number of hydrogen-bond donors (Lipinski definition) is 2. The zero-order valence-electron chi connectivity index (χ0n) is 19.0. The number of rotatable bonds is 6. The molecule has 0 bridgehead atoms. The van der Waals surface area contributed by atoms with E-state index in [2.05, 4.69) is 30.7 Å². The van der Waals surface area contributed by atoms with Crippen LogP contribution in [0.4, 0.5) is 21.6 Å². The molecule has 5 rings (SSSR count). The molecule has 2 N–H and O–H groups in total. The van der Waals surface area contributed by atoms with Gasteiger partial charge in [-0.2, -0.15) is 5.10 Å². The highest BCUT2D eigenvalue weighted by atomic mass is 19.1. The SMILES string of the molecule is Cc1nc(Nc2ccc(NC(=O)c3cc(-c4ccc(F)cc4)nn3C)cc2)cc(-n2ccnc2)n1. The molecule has 0 aliphatic rings. The Balaban J connectivity index is 1.28. The van der Waals surface area contributed by atoms with E-state index < -0.39 is 0 Å². The van der Waals surface area contributed by atoms with Crippen LogP contribution in [-0.4, -0.2) is 35.2 Å². The maximum absolute atomic E-state index is 13.2. The van der Waals surface area contributed by atoms with Crippen molar-refractivity contribution in [2.45, 2.75) is 6.92 Å². The number of carbonyl (C=O) groups excluding carboxylic acids is 1. The molecule has 174 valence electrons. The van der Waals surface area contributed by atoms with Gasteiger partial charge in [0.25, 0.3) is 5.91 Å². The number of hydrogen-bond acceptors (Lipinski definition) is 6. The van der Waals surface area contributed by atoms with Gasteiger partial charge in [0.05, 0.1) is 5.69 Å². The van der Waals surface area contributed by atoms with Gasteiger partial charge < -0.3 is 10.6 Å². The lowest BCUT2D eigenvalue weighted by Crippen LogP contribution is -2.16. The normalized spacial score (nSPS) is 10.8. The Hall–Kier alpha value is -4.86. The molecule has 3 heterocycles. The summed E-state index contributed by atoms with van der Waals surface area (Å²) in [6.45, 7) is 1.82. The van der Waals surface area contributed by atoms with Gasteiger partial charge in [0.2, 0.25) is 0 Å². The Bertz CT molecular complexity index is 1480. The fourth-order valence-corrected chi connectivity index (χ4v) is 3.56. The molecule has 0 aliphatic carbocycles. The van der Waals surface area contributed by atoms with E-state index in [1.54, 1.807) is 54.5 Å². The molecule has 0 radical (unpaired) electrons. The van der Waals surface area contributed by atoms with Gasteiger partial charge in [-0.25, -0.2) is 19.3 Å². The van der Waals surface area contributed by atoms with E-state index in [9.17, 15) is 9.18 Å². The summed E-state index contributed by atoms with van der Waals surface area (Å²) in [4.78, 5) is 25.7. The van der Waals surface area contributed by atoms with Crippen LogP contribution in [0.5, 0.6) is 0 Å². The number of aromatic nitrogens is 6. The molecule has 1 amide bonds. The molecule has 0 unspecified atom stereocenters. The second-order valence-corrected chi connectivity index (χ2v) is 7.83. The zero-order valence-corrected chi connectivity index (χ0v) is 19.0. The van der Waals surface area contributed by atoms with Crippen molar-refractivity contribution in [3.63, 3.8) is 0 Å². The van der Waals surface area contributed by atoms with Crippen LogP contribution < -0.4 is 10.6 Å². The van der Waals surface area contributed by atoms with Crippen LogP contribution in [0.3, 0.4) is 0 Å². The standard InChI is InChI=1S/C25H21FN8O/c1-16-28-23(14-24(29-16)34-12-11-27-15-34)30-19-7-9-20(10-8-19)31-25(35)22-13-21(32-33(22)2)17-3-5-18(26)6-4-17/h3-15H,1-2H3,(H,31,35)(H,28,29,30). The lowest BCUT2D eigenvalue weighted by atomic mass is 10.1. The monoisotopic (exact) mass is 468 g/mol. The number of nitrogens with one attached hydrogen (secondary N) is 2. The highest BCUT2D eigenvalue weighted by molar-refractivity contribution is 6.03. The third-order valence-corrected chi connectivity index (χ3v) is 5.26. The second kappa shape index (κ2) is 9.18. The molecule has 10 heteroatoms. The average molecular weight is 468 g/mol. The predicted octanol–water partition coefficient (Wildman–Crippen LogP) is 4.51. The summed E-state index contributed by atoms with van der Waals surface area (Å²) in [7, 11) is 1.69. The molecular formula is C25H21FN8O. The van der Waals surface area contributed by atoms with Crippen LogP contribution in [0.1, 0.15) is 16.3 Å². The predicted molar refractivity (Wildman–Crippen MR) is 130 cm³/mol. The lowest BCUT2D eigenvalue weighted by molar-refractivity contribution is 0.101. The summed E-state index contributed by atoms with van der Waals surface area (Å²) in [5.41, 5.74) is 3.13. The van der Waals surface area contributed by atoms with Crippen molar-refractivity contribution in [3.05, 3.63) is 96.7 Å². The quantitative estimate of drug-likeness (QED) is 0.380. The molecule has 3 aromatic heterocycles. The lowest BCUT2D eigenvalue weighted by Gasteiger charge is -2.10. The van der Waals surface area contributed by atoms with E-state index >= 15 is 0 Å². The van der Waals surface area contributed by atoms with Crippen LogP contribution in [0.15, 0.2) is 79.4 Å². The molecule has 0 fully saturated rings. The third kappa shape index (κ3) is 4.91. The minimum atomic E-state index is -0.325. The van der Waals surface area contributed by atoms with Crippen molar-refractivity contribution in [1.29, 1.82) is 0 Å². The number of anilines is 3. The molecule has 35 heavy (non-hydrogen) atoms. The molecular weight excluding hydrogens is 447 g/mol. The Kier molecular flexibility index (Phi) is 5.76. The van der Waals surface area contributed by atoms with Crippen molar-refractivity contribution in [2.75, 3.05) is 10.6 Å². The summed E-state index contributed by atoms with van der Waals surface area (Å²) in [5, 5.41) is 10.5. The minimum Gasteiger partial charge on any atom is -0.340 e. The van der Waals surface area contributed by atoms with Crippen molar-refractivity contribution in [2.24, 2.45) is 7.05 Å². The summed E-state index contributed by atoms with van der Waals surface area (Å²) in [6.07, 6.45) is 5.18. The summed E-state index contributed by atoms with van der Waals surface area (Å²) >= 11 is 0. The van der Waals surface area contributed by atoms with Crippen molar-refractivity contribution < 1.29 is 9.18 Å². The first-order chi connectivity index (χ1) is 16.9. The first-order valence-electron chi connectivity index (χ1n) is 10.8. The van der Waals surface area contributed by atoms with Crippen molar-refractivity contribution >= 4 is 23.1 Å².